The fraction of sp³-hybridized carbons (Fsp3) is 0.409. The highest BCUT2D eigenvalue weighted by atomic mass is 32.2. The third-order valence-corrected chi connectivity index (χ3v) is 7.10. The molecule has 3 rings (SSSR count). The van der Waals surface area contributed by atoms with Gasteiger partial charge in [-0.2, -0.15) is 0 Å². The van der Waals surface area contributed by atoms with Gasteiger partial charge in [0, 0.05) is 44.3 Å². The number of rotatable bonds is 7. The molecule has 0 bridgehead atoms. The van der Waals surface area contributed by atoms with Crippen LogP contribution in [0.5, 0.6) is 0 Å². The lowest BCUT2D eigenvalue weighted by molar-refractivity contribution is -0.128. The summed E-state index contributed by atoms with van der Waals surface area (Å²) in [4.78, 5) is 31.9. The normalized spacial score (nSPS) is 11.2. The van der Waals surface area contributed by atoms with Crippen LogP contribution in [0.1, 0.15) is 30.4 Å². The second-order valence-corrected chi connectivity index (χ2v) is 9.40. The lowest BCUT2D eigenvalue weighted by atomic mass is 10.0. The molecule has 1 aromatic carbocycles. The summed E-state index contributed by atoms with van der Waals surface area (Å²) in [7, 11) is 5.34. The first kappa shape index (κ1) is 21.6. The number of nitrogens with zero attached hydrogens (tertiary/aromatic N) is 3. The van der Waals surface area contributed by atoms with Gasteiger partial charge in [-0.3, -0.25) is 14.2 Å². The Morgan fingerprint density at radius 2 is 1.97 bits per heavy atom. The van der Waals surface area contributed by atoms with Crippen molar-refractivity contribution in [3.63, 3.8) is 0 Å². The Balaban J connectivity index is 1.78. The number of aromatic nitrogens is 2. The smallest absolute Gasteiger partial charge is 0.263 e. The Labute approximate surface area is 179 Å². The highest BCUT2D eigenvalue weighted by molar-refractivity contribution is 7.99. The van der Waals surface area contributed by atoms with Gasteiger partial charge in [0.05, 0.1) is 5.39 Å². The van der Waals surface area contributed by atoms with E-state index >= 15 is 0 Å². The molecule has 0 unspecified atom stereocenters. The van der Waals surface area contributed by atoms with Crippen LogP contribution in [0.4, 0.5) is 0 Å². The van der Waals surface area contributed by atoms with Crippen molar-refractivity contribution in [2.45, 2.75) is 38.3 Å². The van der Waals surface area contributed by atoms with E-state index in [2.05, 4.69) is 32.0 Å². The van der Waals surface area contributed by atoms with E-state index in [4.69, 9.17) is 4.98 Å². The maximum atomic E-state index is 13.1. The van der Waals surface area contributed by atoms with E-state index in [1.54, 1.807) is 42.4 Å². The summed E-state index contributed by atoms with van der Waals surface area (Å²) < 4.78 is 1.65. The summed E-state index contributed by atoms with van der Waals surface area (Å²) in [5.74, 6) is 0.987. The molecule has 2 aromatic heterocycles. The quantitative estimate of drug-likeness (QED) is 0.312. The molecule has 7 heteroatoms. The Kier molecular flexibility index (Phi) is 6.80. The Hall–Kier alpha value is -2.12. The largest absolute Gasteiger partial charge is 0.349 e. The summed E-state index contributed by atoms with van der Waals surface area (Å²) in [6.45, 7) is 4.18. The number of aryl methyl sites for hydroxylation is 2. The zero-order valence-electron chi connectivity index (χ0n) is 17.6. The standard InChI is InChI=1S/C22H27N3O2S2/c1-14-9-10-16(12-15(14)2)17-13-29-20-19(17)21(27)25(5)22(23-20)28-11-7-6-8-18(26)24(3)4/h9-10,12-13H,6-8,11H2,1-5H3. The third-order valence-electron chi connectivity index (χ3n) is 5.11. The molecule has 0 N–H and O–H groups in total. The number of thiophene rings is 1. The van der Waals surface area contributed by atoms with Crippen LogP contribution in [0, 0.1) is 13.8 Å². The van der Waals surface area contributed by atoms with Crippen LogP contribution in [-0.2, 0) is 11.8 Å². The molecule has 0 aliphatic rings. The lowest BCUT2D eigenvalue weighted by Gasteiger charge is -2.10. The monoisotopic (exact) mass is 429 g/mol. The number of amides is 1. The van der Waals surface area contributed by atoms with Crippen LogP contribution in [0.3, 0.4) is 0 Å². The molecular formula is C22H27N3O2S2. The van der Waals surface area contributed by atoms with Crippen LogP contribution in [0.25, 0.3) is 21.3 Å². The van der Waals surface area contributed by atoms with Gasteiger partial charge in [0.15, 0.2) is 5.16 Å². The van der Waals surface area contributed by atoms with Crippen molar-refractivity contribution in [2.24, 2.45) is 7.05 Å². The molecule has 2 heterocycles. The van der Waals surface area contributed by atoms with Gasteiger partial charge in [-0.05, 0) is 43.4 Å². The van der Waals surface area contributed by atoms with E-state index < -0.39 is 0 Å². The molecule has 29 heavy (non-hydrogen) atoms. The number of hydrogen-bond donors (Lipinski definition) is 0. The number of unbranched alkanes of at least 4 members (excludes halogenated alkanes) is 1. The topological polar surface area (TPSA) is 55.2 Å². The summed E-state index contributed by atoms with van der Waals surface area (Å²) in [5.41, 5.74) is 4.47. The number of hydrogen-bond acceptors (Lipinski definition) is 5. The molecule has 154 valence electrons. The van der Waals surface area contributed by atoms with Crippen molar-refractivity contribution < 1.29 is 4.79 Å². The van der Waals surface area contributed by atoms with Crippen molar-refractivity contribution in [3.05, 3.63) is 45.1 Å². The van der Waals surface area contributed by atoms with Gasteiger partial charge < -0.3 is 4.90 Å². The van der Waals surface area contributed by atoms with E-state index in [-0.39, 0.29) is 11.5 Å². The summed E-state index contributed by atoms with van der Waals surface area (Å²) >= 11 is 3.10. The van der Waals surface area contributed by atoms with Crippen LogP contribution >= 0.6 is 23.1 Å². The van der Waals surface area contributed by atoms with Gasteiger partial charge >= 0.3 is 0 Å². The van der Waals surface area contributed by atoms with E-state index in [1.165, 1.54) is 22.5 Å². The molecule has 0 saturated heterocycles. The fourth-order valence-corrected chi connectivity index (χ4v) is 5.03. The third kappa shape index (κ3) is 4.73. The second-order valence-electron chi connectivity index (χ2n) is 7.48. The zero-order chi connectivity index (χ0) is 21.1. The van der Waals surface area contributed by atoms with E-state index in [1.807, 2.05) is 5.38 Å². The molecule has 0 aliphatic heterocycles. The number of carbonyl (C=O) groups is 1. The Morgan fingerprint density at radius 1 is 1.21 bits per heavy atom. The minimum absolute atomic E-state index is 0.00485. The molecule has 0 fully saturated rings. The number of benzene rings is 1. The van der Waals surface area contributed by atoms with Gasteiger partial charge in [-0.25, -0.2) is 4.98 Å². The van der Waals surface area contributed by atoms with E-state index in [0.29, 0.717) is 11.8 Å². The number of thioether (sulfide) groups is 1. The number of fused-ring (bicyclic) bond motifs is 1. The lowest BCUT2D eigenvalue weighted by Crippen LogP contribution is -2.21. The molecule has 5 nitrogen and oxygen atoms in total. The first-order valence-electron chi connectivity index (χ1n) is 9.68. The van der Waals surface area contributed by atoms with Crippen LogP contribution in [-0.4, -0.2) is 40.2 Å². The SMILES string of the molecule is Cc1ccc(-c2csc3nc(SCCCCC(=O)N(C)C)n(C)c(=O)c23)cc1C. The van der Waals surface area contributed by atoms with E-state index in [0.717, 1.165) is 39.7 Å². The van der Waals surface area contributed by atoms with Crippen LogP contribution in [0.2, 0.25) is 0 Å². The summed E-state index contributed by atoms with van der Waals surface area (Å²) in [5, 5.41) is 3.46. The molecular weight excluding hydrogens is 402 g/mol. The van der Waals surface area contributed by atoms with Gasteiger partial charge in [0.1, 0.15) is 4.83 Å². The van der Waals surface area contributed by atoms with Crippen molar-refractivity contribution in [2.75, 3.05) is 19.8 Å². The van der Waals surface area contributed by atoms with Gasteiger partial charge in [-0.15, -0.1) is 11.3 Å². The van der Waals surface area contributed by atoms with Gasteiger partial charge in [0.25, 0.3) is 5.56 Å². The number of carbonyl (C=O) groups excluding carboxylic acids is 1. The van der Waals surface area contributed by atoms with Gasteiger partial charge in [-0.1, -0.05) is 30.0 Å². The highest BCUT2D eigenvalue weighted by Gasteiger charge is 2.16. The minimum Gasteiger partial charge on any atom is -0.349 e. The van der Waals surface area contributed by atoms with Crippen molar-refractivity contribution >= 4 is 39.2 Å². The average Bonchev–Trinajstić information content (AvgIpc) is 3.11. The van der Waals surface area contributed by atoms with Crippen molar-refractivity contribution in [3.8, 4) is 11.1 Å². The molecule has 0 saturated carbocycles. The maximum Gasteiger partial charge on any atom is 0.263 e. The predicted octanol–water partition coefficient (Wildman–Crippen LogP) is 4.63. The van der Waals surface area contributed by atoms with Crippen LogP contribution < -0.4 is 5.56 Å². The molecule has 3 aromatic rings. The van der Waals surface area contributed by atoms with Crippen LogP contribution in [0.15, 0.2) is 33.5 Å². The second kappa shape index (κ2) is 9.13. The Morgan fingerprint density at radius 3 is 2.66 bits per heavy atom. The van der Waals surface area contributed by atoms with Crippen molar-refractivity contribution in [1.29, 1.82) is 0 Å². The minimum atomic E-state index is -0.00485. The molecule has 0 spiro atoms. The maximum absolute atomic E-state index is 13.1. The molecule has 0 atom stereocenters. The predicted molar refractivity (Wildman–Crippen MR) is 123 cm³/mol. The molecule has 0 radical (unpaired) electrons. The fourth-order valence-electron chi connectivity index (χ4n) is 3.07. The van der Waals surface area contributed by atoms with Gasteiger partial charge in [0.2, 0.25) is 5.91 Å². The average molecular weight is 430 g/mol. The summed E-state index contributed by atoms with van der Waals surface area (Å²) in [6.07, 6.45) is 2.32. The van der Waals surface area contributed by atoms with Crippen molar-refractivity contribution in [1.82, 2.24) is 14.5 Å². The molecule has 1 amide bonds. The zero-order valence-corrected chi connectivity index (χ0v) is 19.2. The Bertz CT molecular complexity index is 1100. The first-order chi connectivity index (χ1) is 13.8. The molecule has 0 aliphatic carbocycles. The summed E-state index contributed by atoms with van der Waals surface area (Å²) in [6, 6.07) is 6.30. The van der Waals surface area contributed by atoms with E-state index in [9.17, 15) is 9.59 Å². The highest BCUT2D eigenvalue weighted by Crippen LogP contribution is 2.33. The first-order valence-corrected chi connectivity index (χ1v) is 11.5.